The van der Waals surface area contributed by atoms with Crippen molar-refractivity contribution in [3.05, 3.63) is 65.7 Å². The second-order valence-corrected chi connectivity index (χ2v) is 7.49. The van der Waals surface area contributed by atoms with Gasteiger partial charge in [-0.25, -0.2) is 4.68 Å². The highest BCUT2D eigenvalue weighted by molar-refractivity contribution is 7.99. The summed E-state index contributed by atoms with van der Waals surface area (Å²) in [7, 11) is 1.88. The molecule has 136 valence electrons. The van der Waals surface area contributed by atoms with Crippen molar-refractivity contribution < 1.29 is 4.79 Å². The van der Waals surface area contributed by atoms with Gasteiger partial charge in [-0.3, -0.25) is 9.48 Å². The van der Waals surface area contributed by atoms with Crippen molar-refractivity contribution in [3.8, 4) is 11.8 Å². The lowest BCUT2D eigenvalue weighted by molar-refractivity contribution is 0.0695. The summed E-state index contributed by atoms with van der Waals surface area (Å²) >= 11 is 1.84. The Kier molecular flexibility index (Phi) is 4.69. The number of carbonyl (C=O) groups excluding carboxylic acids is 1. The molecule has 8 heteroatoms. The minimum absolute atomic E-state index is 0.00276. The minimum Gasteiger partial charge on any atom is -0.328 e. The molecule has 0 bridgehead atoms. The van der Waals surface area contributed by atoms with E-state index in [2.05, 4.69) is 16.3 Å². The van der Waals surface area contributed by atoms with Gasteiger partial charge in [-0.15, -0.1) is 0 Å². The van der Waals surface area contributed by atoms with Crippen molar-refractivity contribution in [1.29, 1.82) is 5.26 Å². The van der Waals surface area contributed by atoms with Crippen LogP contribution in [0, 0.1) is 11.3 Å². The molecular weight excluding hydrogens is 360 g/mol. The third-order valence-electron chi connectivity index (χ3n) is 4.55. The Bertz CT molecular complexity index is 1020. The number of benzene rings is 1. The summed E-state index contributed by atoms with van der Waals surface area (Å²) in [5.41, 5.74) is 2.75. The van der Waals surface area contributed by atoms with Gasteiger partial charge in [0.1, 0.15) is 0 Å². The van der Waals surface area contributed by atoms with Crippen LogP contribution in [0.15, 0.2) is 48.9 Å². The van der Waals surface area contributed by atoms with E-state index >= 15 is 0 Å². The second-order valence-electron chi connectivity index (χ2n) is 6.34. The first-order valence-corrected chi connectivity index (χ1v) is 9.74. The molecule has 2 aromatic heterocycles. The van der Waals surface area contributed by atoms with Crippen molar-refractivity contribution in [1.82, 2.24) is 24.5 Å². The summed E-state index contributed by atoms with van der Waals surface area (Å²) in [4.78, 5) is 15.0. The van der Waals surface area contributed by atoms with Crippen LogP contribution in [0.1, 0.15) is 27.7 Å². The molecule has 0 N–H and O–H groups in total. The molecule has 3 aromatic rings. The molecule has 0 saturated carbocycles. The van der Waals surface area contributed by atoms with E-state index < -0.39 is 0 Å². The molecule has 1 atom stereocenters. The molecule has 27 heavy (non-hydrogen) atoms. The zero-order valence-electron chi connectivity index (χ0n) is 14.8. The quantitative estimate of drug-likeness (QED) is 0.699. The largest absolute Gasteiger partial charge is 0.328 e. The first-order chi connectivity index (χ1) is 13.2. The molecule has 0 spiro atoms. The van der Waals surface area contributed by atoms with E-state index in [1.807, 2.05) is 42.2 Å². The fraction of sp³-hybridized carbons (Fsp3) is 0.263. The van der Waals surface area contributed by atoms with E-state index in [9.17, 15) is 4.79 Å². The maximum atomic E-state index is 13.1. The van der Waals surface area contributed by atoms with Gasteiger partial charge in [-0.05, 0) is 24.3 Å². The Morgan fingerprint density at radius 3 is 3.04 bits per heavy atom. The smallest absolute Gasteiger partial charge is 0.274 e. The van der Waals surface area contributed by atoms with Gasteiger partial charge in [0.25, 0.3) is 5.91 Å². The summed E-state index contributed by atoms with van der Waals surface area (Å²) < 4.78 is 3.39. The van der Waals surface area contributed by atoms with Gasteiger partial charge in [0, 0.05) is 43.1 Å². The molecule has 1 saturated heterocycles. The van der Waals surface area contributed by atoms with Crippen molar-refractivity contribution in [3.63, 3.8) is 0 Å². The average Bonchev–Trinajstić information content (AvgIpc) is 3.37. The van der Waals surface area contributed by atoms with Gasteiger partial charge >= 0.3 is 0 Å². The molecule has 4 rings (SSSR count). The van der Waals surface area contributed by atoms with Gasteiger partial charge in [0.2, 0.25) is 0 Å². The lowest BCUT2D eigenvalue weighted by Crippen LogP contribution is -2.40. The Morgan fingerprint density at radius 2 is 2.26 bits per heavy atom. The van der Waals surface area contributed by atoms with E-state index in [1.165, 1.54) is 0 Å². The van der Waals surface area contributed by atoms with Crippen LogP contribution in [-0.4, -0.2) is 48.4 Å². The number of aryl methyl sites for hydroxylation is 1. The van der Waals surface area contributed by atoms with Crippen LogP contribution in [0.2, 0.25) is 0 Å². The fourth-order valence-electron chi connectivity index (χ4n) is 3.18. The number of carbonyl (C=O) groups is 1. The standard InChI is InChI=1S/C19H18N6OS/c1-23-12-15(11-21-23)18-13-27-8-7-24(18)19(26)17-5-6-25(22-17)16-4-2-3-14(9-16)10-20/h2-6,9,11-12,18H,7-8,13H2,1H3. The normalized spacial score (nSPS) is 16.9. The van der Waals surface area contributed by atoms with Gasteiger partial charge in [0.05, 0.1) is 29.6 Å². The Labute approximate surface area is 161 Å². The summed E-state index contributed by atoms with van der Waals surface area (Å²) in [5, 5.41) is 17.8. The molecule has 3 heterocycles. The van der Waals surface area contributed by atoms with Crippen LogP contribution in [0.4, 0.5) is 0 Å². The molecule has 0 aliphatic carbocycles. The molecule has 7 nitrogen and oxygen atoms in total. The molecule has 1 aliphatic rings. The highest BCUT2D eigenvalue weighted by Crippen LogP contribution is 2.30. The average molecular weight is 378 g/mol. The van der Waals surface area contributed by atoms with Crippen LogP contribution in [-0.2, 0) is 7.05 Å². The van der Waals surface area contributed by atoms with Crippen LogP contribution in [0.3, 0.4) is 0 Å². The zero-order chi connectivity index (χ0) is 18.8. The van der Waals surface area contributed by atoms with E-state index in [0.29, 0.717) is 17.8 Å². The summed E-state index contributed by atoms with van der Waals surface area (Å²) in [5.74, 6) is 1.68. The third-order valence-corrected chi connectivity index (χ3v) is 5.57. The maximum absolute atomic E-state index is 13.1. The second kappa shape index (κ2) is 7.29. The van der Waals surface area contributed by atoms with Gasteiger partial charge in [0.15, 0.2) is 5.69 Å². The monoisotopic (exact) mass is 378 g/mol. The van der Waals surface area contributed by atoms with Crippen molar-refractivity contribution >= 4 is 17.7 Å². The van der Waals surface area contributed by atoms with Crippen LogP contribution >= 0.6 is 11.8 Å². The van der Waals surface area contributed by atoms with Crippen LogP contribution in [0.25, 0.3) is 5.69 Å². The predicted octanol–water partition coefficient (Wildman–Crippen LogP) is 2.41. The molecule has 1 aromatic carbocycles. The molecule has 1 unspecified atom stereocenters. The van der Waals surface area contributed by atoms with Crippen molar-refractivity contribution in [2.75, 3.05) is 18.1 Å². The maximum Gasteiger partial charge on any atom is 0.274 e. The van der Waals surface area contributed by atoms with E-state index in [0.717, 1.165) is 22.8 Å². The number of nitriles is 1. The predicted molar refractivity (Wildman–Crippen MR) is 103 cm³/mol. The zero-order valence-corrected chi connectivity index (χ0v) is 15.6. The topological polar surface area (TPSA) is 79.7 Å². The molecule has 1 aliphatic heterocycles. The highest BCUT2D eigenvalue weighted by atomic mass is 32.2. The van der Waals surface area contributed by atoms with Crippen LogP contribution < -0.4 is 0 Å². The van der Waals surface area contributed by atoms with E-state index in [1.54, 1.807) is 39.8 Å². The first-order valence-electron chi connectivity index (χ1n) is 8.59. The number of hydrogen-bond acceptors (Lipinski definition) is 5. The van der Waals surface area contributed by atoms with E-state index in [4.69, 9.17) is 5.26 Å². The lowest BCUT2D eigenvalue weighted by Gasteiger charge is -2.34. The Morgan fingerprint density at radius 1 is 1.37 bits per heavy atom. The number of thioether (sulfide) groups is 1. The molecular formula is C19H18N6OS. The number of aromatic nitrogens is 4. The molecule has 0 radical (unpaired) electrons. The van der Waals surface area contributed by atoms with Gasteiger partial charge in [-0.1, -0.05) is 6.07 Å². The molecule has 1 amide bonds. The lowest BCUT2D eigenvalue weighted by atomic mass is 10.1. The fourth-order valence-corrected chi connectivity index (χ4v) is 4.27. The van der Waals surface area contributed by atoms with Crippen molar-refractivity contribution in [2.24, 2.45) is 7.05 Å². The third kappa shape index (κ3) is 3.46. The SMILES string of the molecule is Cn1cc(C2CSCCN2C(=O)c2ccn(-c3cccc(C#N)c3)n2)cn1. The Balaban J connectivity index is 1.60. The Hall–Kier alpha value is -3.05. The van der Waals surface area contributed by atoms with Crippen molar-refractivity contribution in [2.45, 2.75) is 6.04 Å². The van der Waals surface area contributed by atoms with Crippen LogP contribution in [0.5, 0.6) is 0 Å². The van der Waals surface area contributed by atoms with Gasteiger partial charge < -0.3 is 4.90 Å². The summed E-state index contributed by atoms with van der Waals surface area (Å²) in [6.07, 6.45) is 5.53. The van der Waals surface area contributed by atoms with Gasteiger partial charge in [-0.2, -0.15) is 27.2 Å². The number of nitrogens with zero attached hydrogens (tertiary/aromatic N) is 6. The number of hydrogen-bond donors (Lipinski definition) is 0. The number of amides is 1. The summed E-state index contributed by atoms with van der Waals surface area (Å²) in [6, 6.07) is 11.0. The first kappa shape index (κ1) is 17.4. The van der Waals surface area contributed by atoms with E-state index in [-0.39, 0.29) is 11.9 Å². The summed E-state index contributed by atoms with van der Waals surface area (Å²) in [6.45, 7) is 0.680. The highest BCUT2D eigenvalue weighted by Gasteiger charge is 2.31. The molecule has 1 fully saturated rings. The number of rotatable bonds is 3. The minimum atomic E-state index is -0.0839.